The molecule has 6 heteroatoms. The maximum absolute atomic E-state index is 12.8. The molecule has 6 nitrogen and oxygen atoms in total. The van der Waals surface area contributed by atoms with Crippen LogP contribution in [0.1, 0.15) is 303 Å². The van der Waals surface area contributed by atoms with Gasteiger partial charge in [0.25, 0.3) is 0 Å². The first kappa shape index (κ1) is 62.6. The lowest BCUT2D eigenvalue weighted by molar-refractivity contribution is -0.167. The highest BCUT2D eigenvalue weighted by Crippen LogP contribution is 2.16. The summed E-state index contributed by atoms with van der Waals surface area (Å²) in [6, 6.07) is 0. The molecular weight excluding hydrogens is 805 g/mol. The van der Waals surface area contributed by atoms with Gasteiger partial charge in [-0.3, -0.25) is 14.4 Å². The Morgan fingerprint density at radius 2 is 0.554 bits per heavy atom. The van der Waals surface area contributed by atoms with E-state index in [1.54, 1.807) is 0 Å². The lowest BCUT2D eigenvalue weighted by Gasteiger charge is -2.18. The van der Waals surface area contributed by atoms with E-state index in [0.29, 0.717) is 19.3 Å². The smallest absolute Gasteiger partial charge is 0.306 e. The summed E-state index contributed by atoms with van der Waals surface area (Å²) in [4.78, 5) is 38.1. The third kappa shape index (κ3) is 52.5. The Bertz CT molecular complexity index is 1090. The first-order chi connectivity index (χ1) is 32.0. The Labute approximate surface area is 404 Å². The molecule has 0 rings (SSSR count). The van der Waals surface area contributed by atoms with Crippen LogP contribution in [0.25, 0.3) is 0 Å². The quantitative estimate of drug-likeness (QED) is 0.0262. The topological polar surface area (TPSA) is 78.9 Å². The highest BCUT2D eigenvalue weighted by Gasteiger charge is 2.19. The molecule has 380 valence electrons. The van der Waals surface area contributed by atoms with Crippen molar-refractivity contribution in [1.82, 2.24) is 0 Å². The minimum absolute atomic E-state index is 0.0726. The maximum atomic E-state index is 12.8. The summed E-state index contributed by atoms with van der Waals surface area (Å²) in [5.41, 5.74) is 0. The normalized spacial score (nSPS) is 12.2. The summed E-state index contributed by atoms with van der Waals surface area (Å²) in [6.07, 6.45) is 64.1. The van der Waals surface area contributed by atoms with E-state index in [1.807, 2.05) is 0 Å². The molecule has 0 heterocycles. The molecule has 0 saturated heterocycles. The van der Waals surface area contributed by atoms with Gasteiger partial charge < -0.3 is 14.2 Å². The van der Waals surface area contributed by atoms with Crippen molar-refractivity contribution < 1.29 is 28.6 Å². The number of esters is 3. The van der Waals surface area contributed by atoms with Crippen LogP contribution in [0.3, 0.4) is 0 Å². The average molecular weight is 914 g/mol. The molecule has 0 aromatic heterocycles. The molecule has 0 aliphatic rings. The summed E-state index contributed by atoms with van der Waals surface area (Å²) in [5.74, 6) is -0.868. The molecule has 0 aliphatic carbocycles. The highest BCUT2D eigenvalue weighted by molar-refractivity contribution is 5.71. The summed E-state index contributed by atoms with van der Waals surface area (Å²) < 4.78 is 16.8. The van der Waals surface area contributed by atoms with Gasteiger partial charge in [-0.1, -0.05) is 243 Å². The van der Waals surface area contributed by atoms with E-state index < -0.39 is 6.10 Å². The van der Waals surface area contributed by atoms with Gasteiger partial charge >= 0.3 is 17.9 Å². The molecule has 0 amide bonds. The van der Waals surface area contributed by atoms with Crippen LogP contribution in [0.5, 0.6) is 0 Å². The van der Waals surface area contributed by atoms with E-state index in [1.165, 1.54) is 193 Å². The van der Waals surface area contributed by atoms with E-state index in [0.717, 1.165) is 70.6 Å². The van der Waals surface area contributed by atoms with Gasteiger partial charge in [0.2, 0.25) is 0 Å². The van der Waals surface area contributed by atoms with E-state index in [2.05, 4.69) is 57.2 Å². The predicted molar refractivity (Wildman–Crippen MR) is 279 cm³/mol. The lowest BCUT2D eigenvalue weighted by Crippen LogP contribution is -2.30. The van der Waals surface area contributed by atoms with Crippen molar-refractivity contribution >= 4 is 17.9 Å². The summed E-state index contributed by atoms with van der Waals surface area (Å²) in [6.45, 7) is 6.63. The molecule has 0 spiro atoms. The fourth-order valence-corrected chi connectivity index (χ4v) is 8.29. The fourth-order valence-electron chi connectivity index (χ4n) is 8.29. The second kappa shape index (κ2) is 54.2. The van der Waals surface area contributed by atoms with Gasteiger partial charge in [-0.15, -0.1) is 0 Å². The van der Waals surface area contributed by atoms with Crippen molar-refractivity contribution in [2.24, 2.45) is 0 Å². The molecule has 1 atom stereocenters. The van der Waals surface area contributed by atoms with Crippen molar-refractivity contribution in [3.63, 3.8) is 0 Å². The van der Waals surface area contributed by atoms with Crippen molar-refractivity contribution in [2.75, 3.05) is 13.2 Å². The number of rotatable bonds is 52. The molecule has 0 unspecified atom stereocenters. The third-order valence-corrected chi connectivity index (χ3v) is 12.6. The molecule has 0 N–H and O–H groups in total. The third-order valence-electron chi connectivity index (χ3n) is 12.6. The number of carbonyl (C=O) groups excluding carboxylic acids is 3. The van der Waals surface area contributed by atoms with Gasteiger partial charge in [0, 0.05) is 19.3 Å². The van der Waals surface area contributed by atoms with Gasteiger partial charge in [0.05, 0.1) is 0 Å². The van der Waals surface area contributed by atoms with E-state index in [9.17, 15) is 14.4 Å². The van der Waals surface area contributed by atoms with Crippen LogP contribution in [-0.4, -0.2) is 37.2 Å². The highest BCUT2D eigenvalue weighted by atomic mass is 16.6. The lowest BCUT2D eigenvalue weighted by atomic mass is 10.1. The van der Waals surface area contributed by atoms with E-state index >= 15 is 0 Å². The van der Waals surface area contributed by atoms with Crippen molar-refractivity contribution in [3.05, 3.63) is 36.5 Å². The number of allylic oxidation sites excluding steroid dienone is 6. The largest absolute Gasteiger partial charge is 0.462 e. The second-order valence-corrected chi connectivity index (χ2v) is 19.2. The van der Waals surface area contributed by atoms with Crippen LogP contribution in [0.2, 0.25) is 0 Å². The molecule has 0 bridgehead atoms. The van der Waals surface area contributed by atoms with Crippen molar-refractivity contribution in [2.45, 2.75) is 309 Å². The molecule has 0 aliphatic heterocycles. The first-order valence-corrected chi connectivity index (χ1v) is 28.5. The van der Waals surface area contributed by atoms with Crippen LogP contribution >= 0.6 is 0 Å². The number of unbranched alkanes of at least 4 members (excludes halogenated alkanes) is 35. The maximum Gasteiger partial charge on any atom is 0.306 e. The van der Waals surface area contributed by atoms with Gasteiger partial charge in [0.1, 0.15) is 13.2 Å². The summed E-state index contributed by atoms with van der Waals surface area (Å²) in [7, 11) is 0. The van der Waals surface area contributed by atoms with Gasteiger partial charge in [-0.05, 0) is 77.0 Å². The Kier molecular flexibility index (Phi) is 52.3. The molecule has 65 heavy (non-hydrogen) atoms. The zero-order valence-electron chi connectivity index (χ0n) is 43.5. The second-order valence-electron chi connectivity index (χ2n) is 19.2. The number of carbonyl (C=O) groups is 3. The molecule has 0 aromatic carbocycles. The fraction of sp³-hybridized carbons (Fsp3) is 0.847. The average Bonchev–Trinajstić information content (AvgIpc) is 3.30. The molecule has 0 radical (unpaired) electrons. The van der Waals surface area contributed by atoms with Gasteiger partial charge in [-0.25, -0.2) is 0 Å². The first-order valence-electron chi connectivity index (χ1n) is 28.5. The van der Waals surface area contributed by atoms with Crippen LogP contribution in [-0.2, 0) is 28.6 Å². The monoisotopic (exact) mass is 913 g/mol. The minimum Gasteiger partial charge on any atom is -0.462 e. The summed E-state index contributed by atoms with van der Waals surface area (Å²) in [5, 5.41) is 0. The zero-order valence-corrected chi connectivity index (χ0v) is 43.5. The van der Waals surface area contributed by atoms with Crippen LogP contribution in [0.15, 0.2) is 36.5 Å². The Morgan fingerprint density at radius 1 is 0.308 bits per heavy atom. The van der Waals surface area contributed by atoms with Crippen LogP contribution in [0.4, 0.5) is 0 Å². The standard InChI is InChI=1S/C59H108O6/c1-4-7-10-13-16-19-22-24-26-28-29-31-32-34-37-40-43-46-49-52-58(61)64-55-56(54-63-57(60)51-48-45-42-39-36-21-18-15-12-9-6-3)65-59(62)53-50-47-44-41-38-35-33-30-27-25-23-20-17-14-11-8-5-2/h17,20,24-27,56H,4-16,18-19,21-23,28-55H2,1-3H3/b20-17-,26-24-,27-25-/t56-/m0/s1. The molecule has 0 aromatic rings. The van der Waals surface area contributed by atoms with E-state index in [4.69, 9.17) is 14.2 Å². The van der Waals surface area contributed by atoms with Gasteiger partial charge in [0.15, 0.2) is 6.10 Å². The Morgan fingerprint density at radius 3 is 0.892 bits per heavy atom. The summed E-state index contributed by atoms with van der Waals surface area (Å²) >= 11 is 0. The molecule has 0 fully saturated rings. The SMILES string of the molecule is CCCCC/C=C\C/C=C\CCCCCCCCCC(=O)O[C@H](COC(=O)CCCCCCCCCCC/C=C\CCCCCCCC)COC(=O)CCCCCCCCCCCCC. The van der Waals surface area contributed by atoms with Crippen LogP contribution < -0.4 is 0 Å². The minimum atomic E-state index is -0.773. The predicted octanol–water partition coefficient (Wildman–Crippen LogP) is 18.9. The number of ether oxygens (including phenoxy) is 3. The molecule has 0 saturated carbocycles. The zero-order chi connectivity index (χ0) is 47.2. The number of hydrogen-bond donors (Lipinski definition) is 0. The van der Waals surface area contributed by atoms with E-state index in [-0.39, 0.29) is 31.1 Å². The van der Waals surface area contributed by atoms with Crippen LogP contribution in [0, 0.1) is 0 Å². The van der Waals surface area contributed by atoms with Crippen molar-refractivity contribution in [1.29, 1.82) is 0 Å². The Hall–Kier alpha value is -2.37. The number of hydrogen-bond acceptors (Lipinski definition) is 6. The Balaban J connectivity index is 4.31. The van der Waals surface area contributed by atoms with Gasteiger partial charge in [-0.2, -0.15) is 0 Å². The van der Waals surface area contributed by atoms with Crippen molar-refractivity contribution in [3.8, 4) is 0 Å². The molecular formula is C59H108O6.